The van der Waals surface area contributed by atoms with Gasteiger partial charge in [-0.25, -0.2) is 0 Å². The number of aliphatic hydroxyl groups excluding tert-OH is 1. The first-order valence-corrected chi connectivity index (χ1v) is 11.8. The Balaban J connectivity index is 1.70. The molecular weight excluding hydrogens is 463 g/mol. The molecule has 2 aromatic carbocycles. The van der Waals surface area contributed by atoms with E-state index in [1.54, 1.807) is 43.5 Å². The molecule has 0 radical (unpaired) electrons. The third-order valence-corrected chi connectivity index (χ3v) is 6.29. The van der Waals surface area contributed by atoms with Crippen molar-refractivity contribution in [3.05, 3.63) is 64.2 Å². The summed E-state index contributed by atoms with van der Waals surface area (Å²) in [6.45, 7) is 3.28. The molecule has 3 rings (SSSR count). The van der Waals surface area contributed by atoms with Gasteiger partial charge in [0.1, 0.15) is 6.61 Å². The predicted octanol–water partition coefficient (Wildman–Crippen LogP) is 5.14. The first-order valence-electron chi connectivity index (χ1n) is 11.1. The van der Waals surface area contributed by atoms with E-state index < -0.39 is 5.92 Å². The van der Waals surface area contributed by atoms with Crippen molar-refractivity contribution in [2.45, 2.75) is 25.2 Å². The first-order chi connectivity index (χ1) is 16.0. The average Bonchev–Trinajstić information content (AvgIpc) is 2.82. The Hall–Kier alpha value is -2.25. The lowest BCUT2D eigenvalue weighted by atomic mass is 9.93. The molecule has 0 aliphatic carbocycles. The number of methoxy groups -OCH3 is 1. The van der Waals surface area contributed by atoms with E-state index >= 15 is 0 Å². The first kappa shape index (κ1) is 25.4. The highest BCUT2D eigenvalue weighted by Gasteiger charge is 2.22. The van der Waals surface area contributed by atoms with Crippen LogP contribution in [-0.4, -0.2) is 55.9 Å². The summed E-state index contributed by atoms with van der Waals surface area (Å²) in [4.78, 5) is 15.5. The molecule has 1 aliphatic rings. The topological polar surface area (TPSA) is 71.0 Å². The molecule has 178 valence electrons. The second-order valence-electron chi connectivity index (χ2n) is 7.86. The molecule has 1 amide bonds. The minimum Gasteiger partial charge on any atom is -0.493 e. The molecule has 1 unspecified atom stereocenters. The van der Waals surface area contributed by atoms with Crippen LogP contribution in [0, 0.1) is 0 Å². The van der Waals surface area contributed by atoms with Gasteiger partial charge in [0.05, 0.1) is 23.1 Å². The molecule has 2 N–H and O–H groups in total. The number of nitrogens with zero attached hydrogens (tertiary/aromatic N) is 1. The van der Waals surface area contributed by atoms with E-state index in [1.807, 2.05) is 0 Å². The second kappa shape index (κ2) is 12.8. The van der Waals surface area contributed by atoms with E-state index in [-0.39, 0.29) is 12.5 Å². The van der Waals surface area contributed by atoms with Crippen LogP contribution in [0.2, 0.25) is 10.0 Å². The Morgan fingerprint density at radius 2 is 2.00 bits per heavy atom. The van der Waals surface area contributed by atoms with Crippen LogP contribution in [-0.2, 0) is 4.79 Å². The molecule has 1 heterocycles. The molecule has 0 bridgehead atoms. The highest BCUT2D eigenvalue weighted by atomic mass is 35.5. The van der Waals surface area contributed by atoms with Crippen LogP contribution in [0.15, 0.2) is 48.6 Å². The van der Waals surface area contributed by atoms with Crippen LogP contribution >= 0.6 is 23.2 Å². The minimum absolute atomic E-state index is 0.00155. The summed E-state index contributed by atoms with van der Waals surface area (Å²) in [5.74, 6) is 0.501. The standard InChI is InChI=1S/C25H30Cl2N2O4/c1-32-23-10-8-19(17-24(23)33-15-13-29-11-3-2-4-12-29)28-25(31)20(6-5-14-30)18-7-9-21(26)22(27)16-18/h2-3,7-10,16-17,20,30H,4-6,11-15H2,1H3,(H,28,31). The molecule has 0 saturated carbocycles. The lowest BCUT2D eigenvalue weighted by Crippen LogP contribution is -2.31. The number of ether oxygens (including phenoxy) is 2. The van der Waals surface area contributed by atoms with Gasteiger partial charge in [0.15, 0.2) is 11.5 Å². The number of aliphatic hydroxyl groups is 1. The highest BCUT2D eigenvalue weighted by Crippen LogP contribution is 2.33. The maximum absolute atomic E-state index is 13.1. The molecule has 0 saturated heterocycles. The molecule has 0 aromatic heterocycles. The number of carbonyl (C=O) groups excluding carboxylic acids is 1. The number of rotatable bonds is 11. The van der Waals surface area contributed by atoms with E-state index in [0.717, 1.165) is 31.6 Å². The van der Waals surface area contributed by atoms with Crippen LogP contribution < -0.4 is 14.8 Å². The smallest absolute Gasteiger partial charge is 0.231 e. The van der Waals surface area contributed by atoms with Crippen LogP contribution in [0.1, 0.15) is 30.7 Å². The van der Waals surface area contributed by atoms with Crippen molar-refractivity contribution in [1.82, 2.24) is 4.90 Å². The van der Waals surface area contributed by atoms with Crippen molar-refractivity contribution in [1.29, 1.82) is 0 Å². The van der Waals surface area contributed by atoms with Crippen LogP contribution in [0.25, 0.3) is 0 Å². The highest BCUT2D eigenvalue weighted by molar-refractivity contribution is 6.42. The molecule has 6 nitrogen and oxygen atoms in total. The lowest BCUT2D eigenvalue weighted by Gasteiger charge is -2.23. The third-order valence-electron chi connectivity index (χ3n) is 5.55. The monoisotopic (exact) mass is 492 g/mol. The van der Waals surface area contributed by atoms with Gasteiger partial charge in [-0.1, -0.05) is 41.4 Å². The maximum atomic E-state index is 13.1. The Kier molecular flexibility index (Phi) is 9.88. The van der Waals surface area contributed by atoms with E-state index in [9.17, 15) is 9.90 Å². The number of anilines is 1. The summed E-state index contributed by atoms with van der Waals surface area (Å²) in [7, 11) is 1.59. The average molecular weight is 493 g/mol. The van der Waals surface area contributed by atoms with Crippen LogP contribution in [0.4, 0.5) is 5.69 Å². The van der Waals surface area contributed by atoms with Crippen molar-refractivity contribution >= 4 is 34.8 Å². The number of hydrogen-bond acceptors (Lipinski definition) is 5. The molecule has 0 spiro atoms. The van der Waals surface area contributed by atoms with Crippen molar-refractivity contribution in [3.63, 3.8) is 0 Å². The van der Waals surface area contributed by atoms with E-state index in [4.69, 9.17) is 32.7 Å². The van der Waals surface area contributed by atoms with Gasteiger partial charge in [-0.15, -0.1) is 0 Å². The summed E-state index contributed by atoms with van der Waals surface area (Å²) in [5.41, 5.74) is 1.35. The SMILES string of the molecule is COc1ccc(NC(=O)C(CCCO)c2ccc(Cl)c(Cl)c2)cc1OCCN1CC=CCC1. The molecule has 33 heavy (non-hydrogen) atoms. The van der Waals surface area contributed by atoms with Gasteiger partial charge < -0.3 is 19.9 Å². The summed E-state index contributed by atoms with van der Waals surface area (Å²) in [6, 6.07) is 10.5. The summed E-state index contributed by atoms with van der Waals surface area (Å²) < 4.78 is 11.4. The van der Waals surface area contributed by atoms with Crippen LogP contribution in [0.3, 0.4) is 0 Å². The van der Waals surface area contributed by atoms with Gasteiger partial charge in [0, 0.05) is 38.0 Å². The van der Waals surface area contributed by atoms with Gasteiger partial charge in [-0.05, 0) is 49.1 Å². The summed E-state index contributed by atoms with van der Waals surface area (Å²) in [6.07, 6.45) is 6.38. The lowest BCUT2D eigenvalue weighted by molar-refractivity contribution is -0.117. The number of nitrogens with one attached hydrogen (secondary N) is 1. The zero-order chi connectivity index (χ0) is 23.6. The normalized spacial score (nSPS) is 14.7. The Labute approximate surface area is 205 Å². The Morgan fingerprint density at radius 3 is 2.70 bits per heavy atom. The van der Waals surface area contributed by atoms with Crippen molar-refractivity contribution in [2.75, 3.05) is 45.3 Å². The summed E-state index contributed by atoms with van der Waals surface area (Å²) >= 11 is 12.2. The van der Waals surface area contributed by atoms with Gasteiger partial charge in [0.2, 0.25) is 5.91 Å². The number of amides is 1. The van der Waals surface area contributed by atoms with Gasteiger partial charge in [-0.2, -0.15) is 0 Å². The van der Waals surface area contributed by atoms with E-state index in [0.29, 0.717) is 46.7 Å². The quantitative estimate of drug-likeness (QED) is 0.425. The van der Waals surface area contributed by atoms with Gasteiger partial charge in [0.25, 0.3) is 0 Å². The number of halogens is 2. The fraction of sp³-hybridized carbons (Fsp3) is 0.400. The van der Waals surface area contributed by atoms with Gasteiger partial charge in [-0.3, -0.25) is 9.69 Å². The molecule has 0 fully saturated rings. The molecule has 1 aliphatic heterocycles. The van der Waals surface area contributed by atoms with Crippen LogP contribution in [0.5, 0.6) is 11.5 Å². The Morgan fingerprint density at radius 1 is 1.15 bits per heavy atom. The fourth-order valence-corrected chi connectivity index (χ4v) is 4.05. The number of hydrogen-bond donors (Lipinski definition) is 2. The fourth-order valence-electron chi connectivity index (χ4n) is 3.75. The maximum Gasteiger partial charge on any atom is 0.231 e. The molecular formula is C25H30Cl2N2O4. The second-order valence-corrected chi connectivity index (χ2v) is 8.67. The Bertz CT molecular complexity index is 967. The largest absolute Gasteiger partial charge is 0.493 e. The number of carbonyl (C=O) groups is 1. The molecule has 1 atom stereocenters. The predicted molar refractivity (Wildman–Crippen MR) is 133 cm³/mol. The number of benzene rings is 2. The minimum atomic E-state index is -0.481. The van der Waals surface area contributed by atoms with E-state index in [1.165, 1.54) is 0 Å². The zero-order valence-electron chi connectivity index (χ0n) is 18.7. The van der Waals surface area contributed by atoms with Crippen molar-refractivity contribution in [3.8, 4) is 11.5 Å². The third kappa shape index (κ3) is 7.37. The van der Waals surface area contributed by atoms with Gasteiger partial charge >= 0.3 is 0 Å². The molecule has 8 heteroatoms. The summed E-state index contributed by atoms with van der Waals surface area (Å²) in [5, 5.41) is 13.1. The van der Waals surface area contributed by atoms with Crippen molar-refractivity contribution in [2.24, 2.45) is 0 Å². The van der Waals surface area contributed by atoms with E-state index in [2.05, 4.69) is 22.4 Å². The zero-order valence-corrected chi connectivity index (χ0v) is 20.2. The van der Waals surface area contributed by atoms with Crippen molar-refractivity contribution < 1.29 is 19.4 Å². The molecule has 2 aromatic rings.